The molecule has 2 aromatic carbocycles. The zero-order valence-electron chi connectivity index (χ0n) is 17.4. The van der Waals surface area contributed by atoms with Gasteiger partial charge in [0.1, 0.15) is 6.61 Å². The Morgan fingerprint density at radius 1 is 0.967 bits per heavy atom. The maximum absolute atomic E-state index is 12.0. The van der Waals surface area contributed by atoms with Gasteiger partial charge in [-0.3, -0.25) is 0 Å². The highest BCUT2D eigenvalue weighted by Crippen LogP contribution is 2.44. The van der Waals surface area contributed by atoms with Crippen molar-refractivity contribution >= 4 is 12.1 Å². The minimum atomic E-state index is -0.815. The van der Waals surface area contributed by atoms with Gasteiger partial charge in [-0.05, 0) is 29.2 Å². The molecule has 1 amide bonds. The van der Waals surface area contributed by atoms with Gasteiger partial charge in [0.15, 0.2) is 0 Å². The van der Waals surface area contributed by atoms with Crippen LogP contribution in [0.2, 0.25) is 0 Å². The number of ether oxygens (including phenoxy) is 3. The summed E-state index contributed by atoms with van der Waals surface area (Å²) in [6, 6.07) is 16.1. The molecule has 0 radical (unpaired) electrons. The minimum absolute atomic E-state index is 0.00610. The van der Waals surface area contributed by atoms with Gasteiger partial charge >= 0.3 is 12.1 Å². The highest BCUT2D eigenvalue weighted by atomic mass is 16.7. The molecule has 0 heterocycles. The predicted molar refractivity (Wildman–Crippen MR) is 111 cm³/mol. The Bertz CT molecular complexity index is 838. The van der Waals surface area contributed by atoms with E-state index in [1.807, 2.05) is 43.3 Å². The van der Waals surface area contributed by atoms with Crippen molar-refractivity contribution < 1.29 is 28.6 Å². The second-order valence-corrected chi connectivity index (χ2v) is 7.25. The second-order valence-electron chi connectivity index (χ2n) is 7.25. The number of carbonyl (C=O) groups is 2. The molecule has 1 N–H and O–H groups in total. The molecule has 0 saturated carbocycles. The lowest BCUT2D eigenvalue weighted by atomic mass is 9.98. The Hall–Kier alpha value is -2.90. The Kier molecular flexibility index (Phi) is 7.43. The van der Waals surface area contributed by atoms with E-state index in [2.05, 4.69) is 17.6 Å². The van der Waals surface area contributed by atoms with Crippen molar-refractivity contribution in [3.05, 3.63) is 59.7 Å². The molecule has 1 aliphatic rings. The van der Waals surface area contributed by atoms with Crippen LogP contribution in [0, 0.1) is 0 Å². The van der Waals surface area contributed by atoms with E-state index in [1.165, 1.54) is 7.11 Å². The summed E-state index contributed by atoms with van der Waals surface area (Å²) in [5, 5.41) is 0. The van der Waals surface area contributed by atoms with Crippen LogP contribution in [0.1, 0.15) is 36.8 Å². The first-order valence-electron chi connectivity index (χ1n) is 9.89. The first-order chi connectivity index (χ1) is 14.5. The van der Waals surface area contributed by atoms with E-state index in [0.29, 0.717) is 6.42 Å². The number of hydrogen-bond acceptors (Lipinski definition) is 6. The second kappa shape index (κ2) is 10.2. The molecule has 0 fully saturated rings. The molecule has 7 heteroatoms. The van der Waals surface area contributed by atoms with E-state index in [0.717, 1.165) is 22.3 Å². The van der Waals surface area contributed by atoms with Gasteiger partial charge in [-0.25, -0.2) is 9.59 Å². The number of rotatable bonds is 8. The van der Waals surface area contributed by atoms with Crippen molar-refractivity contribution in [2.24, 2.45) is 0 Å². The molecular weight excluding hydrogens is 386 g/mol. The summed E-state index contributed by atoms with van der Waals surface area (Å²) in [7, 11) is 3.10. The average molecular weight is 413 g/mol. The third-order valence-corrected chi connectivity index (χ3v) is 5.32. The van der Waals surface area contributed by atoms with E-state index in [4.69, 9.17) is 19.0 Å². The van der Waals surface area contributed by atoms with Crippen LogP contribution in [-0.2, 0) is 23.8 Å². The molecule has 0 saturated heterocycles. The maximum atomic E-state index is 12.0. The van der Waals surface area contributed by atoms with Gasteiger partial charge in [-0.15, -0.1) is 5.48 Å². The highest BCUT2D eigenvalue weighted by Gasteiger charge is 2.29. The maximum Gasteiger partial charge on any atom is 0.440 e. The number of nitrogens with one attached hydrogen (secondary N) is 1. The minimum Gasteiger partial charge on any atom is -0.446 e. The average Bonchev–Trinajstić information content (AvgIpc) is 3.09. The number of hydrogen-bond donors (Lipinski definition) is 1. The third kappa shape index (κ3) is 5.17. The first kappa shape index (κ1) is 21.8. The van der Waals surface area contributed by atoms with Crippen molar-refractivity contribution in [1.82, 2.24) is 5.48 Å². The quantitative estimate of drug-likeness (QED) is 0.663. The molecule has 30 heavy (non-hydrogen) atoms. The van der Waals surface area contributed by atoms with Crippen LogP contribution in [0.4, 0.5) is 4.79 Å². The monoisotopic (exact) mass is 413 g/mol. The lowest BCUT2D eigenvalue weighted by Gasteiger charge is -2.18. The summed E-state index contributed by atoms with van der Waals surface area (Å²) in [4.78, 5) is 28.8. The first-order valence-corrected chi connectivity index (χ1v) is 9.89. The molecular formula is C23H27NO6. The van der Waals surface area contributed by atoms with Crippen LogP contribution in [0.15, 0.2) is 48.5 Å². The smallest absolute Gasteiger partial charge is 0.440 e. The van der Waals surface area contributed by atoms with Crippen LogP contribution in [0.25, 0.3) is 11.1 Å². The number of benzene rings is 2. The van der Waals surface area contributed by atoms with Crippen LogP contribution < -0.4 is 5.48 Å². The molecule has 1 aliphatic carbocycles. The summed E-state index contributed by atoms with van der Waals surface area (Å²) in [6.07, 6.45) is -0.708. The SMILES string of the molecule is COC(C)CC(CC(=O)ONC(=O)OCC1c2ccccc2-c2ccccc21)OC. The molecule has 0 aromatic heterocycles. The van der Waals surface area contributed by atoms with Crippen molar-refractivity contribution in [2.75, 3.05) is 20.8 Å². The van der Waals surface area contributed by atoms with Crippen molar-refractivity contribution in [1.29, 1.82) is 0 Å². The molecule has 0 spiro atoms. The van der Waals surface area contributed by atoms with Gasteiger partial charge in [0, 0.05) is 26.6 Å². The number of fused-ring (bicyclic) bond motifs is 3. The standard InChI is InChI=1S/C23H27NO6/c1-15(27-2)12-16(28-3)13-22(25)30-24-23(26)29-14-21-19-10-6-4-8-17(19)18-9-5-7-11-20(18)21/h4-11,15-16,21H,12-14H2,1-3H3,(H,24,26). The fourth-order valence-electron chi connectivity index (χ4n) is 3.68. The van der Waals surface area contributed by atoms with Crippen molar-refractivity contribution in [3.8, 4) is 11.1 Å². The van der Waals surface area contributed by atoms with E-state index in [-0.39, 0.29) is 31.2 Å². The largest absolute Gasteiger partial charge is 0.446 e. The van der Waals surface area contributed by atoms with Crippen LogP contribution in [0.3, 0.4) is 0 Å². The molecule has 2 atom stereocenters. The Morgan fingerprint density at radius 2 is 1.57 bits per heavy atom. The normalized spacial score (nSPS) is 14.4. The number of amides is 1. The number of carbonyl (C=O) groups excluding carboxylic acids is 2. The molecule has 0 aliphatic heterocycles. The Balaban J connectivity index is 1.50. The fraction of sp³-hybridized carbons (Fsp3) is 0.391. The van der Waals surface area contributed by atoms with Crippen LogP contribution >= 0.6 is 0 Å². The third-order valence-electron chi connectivity index (χ3n) is 5.32. The van der Waals surface area contributed by atoms with Gasteiger partial charge in [0.25, 0.3) is 0 Å². The van der Waals surface area contributed by atoms with E-state index in [9.17, 15) is 9.59 Å². The van der Waals surface area contributed by atoms with Crippen LogP contribution in [-0.4, -0.2) is 45.1 Å². The number of hydroxylamine groups is 1. The lowest BCUT2D eigenvalue weighted by Crippen LogP contribution is -2.31. The Morgan fingerprint density at radius 3 is 2.13 bits per heavy atom. The molecule has 160 valence electrons. The zero-order valence-corrected chi connectivity index (χ0v) is 17.4. The van der Waals surface area contributed by atoms with Gasteiger partial charge in [0.05, 0.1) is 18.6 Å². The Labute approximate surface area is 176 Å². The van der Waals surface area contributed by atoms with E-state index >= 15 is 0 Å². The van der Waals surface area contributed by atoms with Gasteiger partial charge in [0.2, 0.25) is 0 Å². The van der Waals surface area contributed by atoms with Crippen LogP contribution in [0.5, 0.6) is 0 Å². The lowest BCUT2D eigenvalue weighted by molar-refractivity contribution is -0.153. The van der Waals surface area contributed by atoms with Crippen molar-refractivity contribution in [2.45, 2.75) is 37.9 Å². The van der Waals surface area contributed by atoms with Gasteiger partial charge in [-0.2, -0.15) is 0 Å². The van der Waals surface area contributed by atoms with E-state index < -0.39 is 12.1 Å². The van der Waals surface area contributed by atoms with E-state index in [1.54, 1.807) is 7.11 Å². The molecule has 7 nitrogen and oxygen atoms in total. The summed E-state index contributed by atoms with van der Waals surface area (Å²) >= 11 is 0. The highest BCUT2D eigenvalue weighted by molar-refractivity contribution is 5.79. The summed E-state index contributed by atoms with van der Waals surface area (Å²) in [5.74, 6) is -0.675. The predicted octanol–water partition coefficient (Wildman–Crippen LogP) is 3.81. The summed E-state index contributed by atoms with van der Waals surface area (Å²) in [5.41, 5.74) is 6.56. The van der Waals surface area contributed by atoms with Gasteiger partial charge in [-0.1, -0.05) is 48.5 Å². The molecule has 3 rings (SSSR count). The summed E-state index contributed by atoms with van der Waals surface area (Å²) in [6.45, 7) is 2.02. The topological polar surface area (TPSA) is 83.1 Å². The molecule has 2 aromatic rings. The number of methoxy groups -OCH3 is 2. The molecule has 2 unspecified atom stereocenters. The summed E-state index contributed by atoms with van der Waals surface area (Å²) < 4.78 is 15.8. The zero-order chi connectivity index (χ0) is 21.5. The molecule has 0 bridgehead atoms. The fourth-order valence-corrected chi connectivity index (χ4v) is 3.68. The van der Waals surface area contributed by atoms with Gasteiger partial charge < -0.3 is 19.0 Å². The van der Waals surface area contributed by atoms with Crippen molar-refractivity contribution in [3.63, 3.8) is 0 Å².